The molecule has 2 atom stereocenters. The average Bonchev–Trinajstić information content (AvgIpc) is 2.81. The van der Waals surface area contributed by atoms with E-state index in [1.54, 1.807) is 20.5 Å². The fourth-order valence-corrected chi connectivity index (χ4v) is 1.79. The zero-order valence-corrected chi connectivity index (χ0v) is 10.4. The standard InChI is InChI=1S/C12H21NO3/c1-5-10(11-7-6-8-16-11)13-9(2)12(14-3)15-4/h6-10,12-13H,5H2,1-4H3. The van der Waals surface area contributed by atoms with Gasteiger partial charge in [0.2, 0.25) is 0 Å². The normalized spacial score (nSPS) is 15.3. The Balaban J connectivity index is 2.56. The van der Waals surface area contributed by atoms with Gasteiger partial charge in [0.1, 0.15) is 5.76 Å². The summed E-state index contributed by atoms with van der Waals surface area (Å²) >= 11 is 0. The molecule has 0 aliphatic rings. The summed E-state index contributed by atoms with van der Waals surface area (Å²) in [7, 11) is 3.28. The van der Waals surface area contributed by atoms with E-state index in [2.05, 4.69) is 12.2 Å². The van der Waals surface area contributed by atoms with E-state index in [4.69, 9.17) is 13.9 Å². The van der Waals surface area contributed by atoms with E-state index in [1.807, 2.05) is 19.1 Å². The molecule has 0 aliphatic carbocycles. The molecule has 92 valence electrons. The smallest absolute Gasteiger partial charge is 0.171 e. The maximum Gasteiger partial charge on any atom is 0.171 e. The summed E-state index contributed by atoms with van der Waals surface area (Å²) in [6.45, 7) is 4.14. The molecular weight excluding hydrogens is 206 g/mol. The van der Waals surface area contributed by atoms with Gasteiger partial charge in [0.05, 0.1) is 18.3 Å². The topological polar surface area (TPSA) is 43.6 Å². The number of furan rings is 1. The van der Waals surface area contributed by atoms with E-state index >= 15 is 0 Å². The van der Waals surface area contributed by atoms with Crippen LogP contribution in [0.3, 0.4) is 0 Å². The summed E-state index contributed by atoms with van der Waals surface area (Å²) in [5, 5.41) is 3.43. The highest BCUT2D eigenvalue weighted by Crippen LogP contribution is 2.18. The third-order valence-electron chi connectivity index (χ3n) is 2.63. The van der Waals surface area contributed by atoms with Gasteiger partial charge in [-0.3, -0.25) is 0 Å². The second kappa shape index (κ2) is 6.68. The van der Waals surface area contributed by atoms with Gasteiger partial charge in [-0.05, 0) is 25.5 Å². The molecule has 2 unspecified atom stereocenters. The molecule has 0 aromatic carbocycles. The number of nitrogens with one attached hydrogen (secondary N) is 1. The molecule has 0 saturated carbocycles. The first-order chi connectivity index (χ1) is 7.72. The third kappa shape index (κ3) is 3.33. The lowest BCUT2D eigenvalue weighted by Crippen LogP contribution is -2.41. The van der Waals surface area contributed by atoms with Crippen LogP contribution in [-0.2, 0) is 9.47 Å². The molecule has 0 amide bonds. The fraction of sp³-hybridized carbons (Fsp3) is 0.667. The maximum absolute atomic E-state index is 5.39. The minimum Gasteiger partial charge on any atom is -0.468 e. The van der Waals surface area contributed by atoms with Crippen molar-refractivity contribution in [2.75, 3.05) is 14.2 Å². The Morgan fingerprint density at radius 3 is 2.50 bits per heavy atom. The third-order valence-corrected chi connectivity index (χ3v) is 2.63. The maximum atomic E-state index is 5.39. The van der Waals surface area contributed by atoms with Crippen molar-refractivity contribution in [3.63, 3.8) is 0 Å². The van der Waals surface area contributed by atoms with Gasteiger partial charge in [-0.15, -0.1) is 0 Å². The van der Waals surface area contributed by atoms with Crippen molar-refractivity contribution < 1.29 is 13.9 Å². The van der Waals surface area contributed by atoms with Crippen LogP contribution in [0.1, 0.15) is 32.1 Å². The molecular formula is C12H21NO3. The molecule has 1 heterocycles. The Labute approximate surface area is 96.9 Å². The van der Waals surface area contributed by atoms with Gasteiger partial charge in [0.25, 0.3) is 0 Å². The summed E-state index contributed by atoms with van der Waals surface area (Å²) < 4.78 is 15.8. The van der Waals surface area contributed by atoms with Crippen LogP contribution >= 0.6 is 0 Å². The second-order valence-corrected chi connectivity index (χ2v) is 3.77. The van der Waals surface area contributed by atoms with Gasteiger partial charge in [0.15, 0.2) is 6.29 Å². The Bertz CT molecular complexity index is 270. The van der Waals surface area contributed by atoms with Gasteiger partial charge in [0, 0.05) is 14.2 Å². The molecule has 1 aromatic rings. The zero-order valence-electron chi connectivity index (χ0n) is 10.4. The van der Waals surface area contributed by atoms with E-state index in [9.17, 15) is 0 Å². The van der Waals surface area contributed by atoms with Gasteiger partial charge in [-0.1, -0.05) is 6.92 Å². The van der Waals surface area contributed by atoms with Gasteiger partial charge in [-0.2, -0.15) is 0 Å². The van der Waals surface area contributed by atoms with E-state index < -0.39 is 0 Å². The number of hydrogen-bond acceptors (Lipinski definition) is 4. The number of ether oxygens (including phenoxy) is 2. The molecule has 4 nitrogen and oxygen atoms in total. The quantitative estimate of drug-likeness (QED) is 0.726. The van der Waals surface area contributed by atoms with E-state index in [-0.39, 0.29) is 18.4 Å². The fourth-order valence-electron chi connectivity index (χ4n) is 1.79. The SMILES string of the molecule is CCC(NC(C)C(OC)OC)c1ccco1. The van der Waals surface area contributed by atoms with Gasteiger partial charge in [-0.25, -0.2) is 0 Å². The average molecular weight is 227 g/mol. The summed E-state index contributed by atoms with van der Waals surface area (Å²) in [6, 6.07) is 4.17. The molecule has 0 aliphatic heterocycles. The molecule has 1 N–H and O–H groups in total. The van der Waals surface area contributed by atoms with Crippen LogP contribution in [0.25, 0.3) is 0 Å². The molecule has 0 bridgehead atoms. The van der Waals surface area contributed by atoms with Crippen LogP contribution in [0.5, 0.6) is 0 Å². The van der Waals surface area contributed by atoms with Crippen molar-refractivity contribution in [3.05, 3.63) is 24.2 Å². The summed E-state index contributed by atoms with van der Waals surface area (Å²) in [5.41, 5.74) is 0. The molecule has 0 fully saturated rings. The van der Waals surface area contributed by atoms with E-state index in [1.165, 1.54) is 0 Å². The molecule has 16 heavy (non-hydrogen) atoms. The van der Waals surface area contributed by atoms with Crippen LogP contribution < -0.4 is 5.32 Å². The van der Waals surface area contributed by atoms with Gasteiger partial charge < -0.3 is 19.2 Å². The van der Waals surface area contributed by atoms with Crippen LogP contribution in [0.15, 0.2) is 22.8 Å². The van der Waals surface area contributed by atoms with Crippen LogP contribution in [0.2, 0.25) is 0 Å². The Morgan fingerprint density at radius 2 is 2.06 bits per heavy atom. The van der Waals surface area contributed by atoms with Crippen molar-refractivity contribution in [1.29, 1.82) is 0 Å². The lowest BCUT2D eigenvalue weighted by atomic mass is 10.1. The Kier molecular flexibility index (Phi) is 5.52. The first-order valence-corrected chi connectivity index (χ1v) is 5.58. The largest absolute Gasteiger partial charge is 0.468 e. The van der Waals surface area contributed by atoms with Gasteiger partial charge >= 0.3 is 0 Å². The van der Waals surface area contributed by atoms with Crippen molar-refractivity contribution >= 4 is 0 Å². The second-order valence-electron chi connectivity index (χ2n) is 3.77. The molecule has 1 aromatic heterocycles. The Hall–Kier alpha value is -0.840. The van der Waals surface area contributed by atoms with Crippen molar-refractivity contribution in [2.45, 2.75) is 38.6 Å². The number of hydrogen-bond donors (Lipinski definition) is 1. The zero-order chi connectivity index (χ0) is 12.0. The number of rotatable bonds is 7. The monoisotopic (exact) mass is 227 g/mol. The molecule has 0 saturated heterocycles. The summed E-state index contributed by atoms with van der Waals surface area (Å²) in [4.78, 5) is 0. The number of methoxy groups -OCH3 is 2. The predicted octanol–water partition coefficient (Wildman–Crippen LogP) is 2.33. The minimum atomic E-state index is -0.246. The highest BCUT2D eigenvalue weighted by molar-refractivity contribution is 5.04. The van der Waals surface area contributed by atoms with E-state index in [0.29, 0.717) is 0 Å². The van der Waals surface area contributed by atoms with Crippen LogP contribution in [0.4, 0.5) is 0 Å². The van der Waals surface area contributed by atoms with E-state index in [0.717, 1.165) is 12.2 Å². The van der Waals surface area contributed by atoms with Crippen LogP contribution in [0, 0.1) is 0 Å². The molecule has 1 rings (SSSR count). The highest BCUT2D eigenvalue weighted by Gasteiger charge is 2.21. The summed E-state index contributed by atoms with van der Waals surface area (Å²) in [6.07, 6.45) is 2.40. The summed E-state index contributed by atoms with van der Waals surface area (Å²) in [5.74, 6) is 0.945. The van der Waals surface area contributed by atoms with Crippen molar-refractivity contribution in [2.24, 2.45) is 0 Å². The highest BCUT2D eigenvalue weighted by atomic mass is 16.7. The Morgan fingerprint density at radius 1 is 1.38 bits per heavy atom. The van der Waals surface area contributed by atoms with Crippen molar-refractivity contribution in [1.82, 2.24) is 5.32 Å². The first kappa shape index (κ1) is 13.2. The molecule has 0 spiro atoms. The van der Waals surface area contributed by atoms with Crippen molar-refractivity contribution in [3.8, 4) is 0 Å². The first-order valence-electron chi connectivity index (χ1n) is 5.58. The lowest BCUT2D eigenvalue weighted by Gasteiger charge is -2.26. The molecule has 4 heteroatoms. The lowest BCUT2D eigenvalue weighted by molar-refractivity contribution is -0.121. The minimum absolute atomic E-state index is 0.102. The predicted molar refractivity (Wildman–Crippen MR) is 62.1 cm³/mol. The molecule has 0 radical (unpaired) electrons. The van der Waals surface area contributed by atoms with Crippen LogP contribution in [-0.4, -0.2) is 26.6 Å².